The van der Waals surface area contributed by atoms with Crippen LogP contribution in [0.5, 0.6) is 11.6 Å². The topological polar surface area (TPSA) is 102 Å². The van der Waals surface area contributed by atoms with E-state index >= 15 is 0 Å². The fraction of sp³-hybridized carbons (Fsp3) is 0.227. The lowest BCUT2D eigenvalue weighted by Crippen LogP contribution is -2.30. The van der Waals surface area contributed by atoms with E-state index in [1.807, 2.05) is 43.3 Å². The Morgan fingerprint density at radius 2 is 2.00 bits per heavy atom. The van der Waals surface area contributed by atoms with Crippen molar-refractivity contribution in [3.8, 4) is 11.6 Å². The molecule has 0 saturated heterocycles. The van der Waals surface area contributed by atoms with Gasteiger partial charge in [-0.1, -0.05) is 36.4 Å². The number of benzene rings is 2. The van der Waals surface area contributed by atoms with Gasteiger partial charge < -0.3 is 19.5 Å². The second kappa shape index (κ2) is 8.75. The number of ketones is 1. The lowest BCUT2D eigenvalue weighted by molar-refractivity contribution is 0.0954. The van der Waals surface area contributed by atoms with Gasteiger partial charge in [0.15, 0.2) is 5.78 Å². The number of carbonyl (C=O) groups is 1. The summed E-state index contributed by atoms with van der Waals surface area (Å²) in [6.07, 6.45) is 2.90. The van der Waals surface area contributed by atoms with Crippen molar-refractivity contribution in [1.29, 1.82) is 0 Å². The normalized spacial score (nSPS) is 13.8. The largest absolute Gasteiger partial charge is 0.492 e. The molecule has 2 heterocycles. The summed E-state index contributed by atoms with van der Waals surface area (Å²) in [6, 6.07) is 13.1. The minimum Gasteiger partial charge on any atom is -0.437 e. The first-order valence-electron chi connectivity index (χ1n) is 9.67. The third kappa shape index (κ3) is 4.11. The molecule has 4 rings (SSSR count). The summed E-state index contributed by atoms with van der Waals surface area (Å²) in [4.78, 5) is 21.0. The summed E-state index contributed by atoms with van der Waals surface area (Å²) in [5.74, 6) is 0.283. The van der Waals surface area contributed by atoms with Crippen molar-refractivity contribution < 1.29 is 24.3 Å². The van der Waals surface area contributed by atoms with E-state index in [2.05, 4.69) is 9.97 Å². The molecule has 0 saturated carbocycles. The van der Waals surface area contributed by atoms with E-state index in [0.717, 1.165) is 16.7 Å². The Morgan fingerprint density at radius 3 is 2.70 bits per heavy atom. The SMILES string of the molecule is Cc1c(Oc2cnc(C(=O)CC(CO)c3ccccc3)cn2)ccc2c1B(O)OC2. The van der Waals surface area contributed by atoms with Crippen LogP contribution in [0, 0.1) is 6.92 Å². The molecule has 1 aliphatic rings. The zero-order valence-corrected chi connectivity index (χ0v) is 16.5. The molecule has 0 spiro atoms. The van der Waals surface area contributed by atoms with Gasteiger partial charge in [-0.2, -0.15) is 0 Å². The summed E-state index contributed by atoms with van der Waals surface area (Å²) in [6.45, 7) is 2.08. The first-order chi connectivity index (χ1) is 14.6. The molecule has 3 aromatic rings. The molecule has 2 N–H and O–H groups in total. The van der Waals surface area contributed by atoms with Gasteiger partial charge in [0.2, 0.25) is 5.88 Å². The number of hydrogen-bond donors (Lipinski definition) is 2. The molecule has 152 valence electrons. The monoisotopic (exact) mass is 404 g/mol. The van der Waals surface area contributed by atoms with E-state index < -0.39 is 7.12 Å². The highest BCUT2D eigenvalue weighted by atomic mass is 16.5. The number of aromatic nitrogens is 2. The zero-order chi connectivity index (χ0) is 21.1. The minimum atomic E-state index is -0.960. The third-order valence-electron chi connectivity index (χ3n) is 5.25. The molecule has 0 radical (unpaired) electrons. The molecule has 8 heteroatoms. The minimum absolute atomic E-state index is 0.127. The lowest BCUT2D eigenvalue weighted by atomic mass is 9.76. The number of ether oxygens (including phenoxy) is 1. The first-order valence-corrected chi connectivity index (χ1v) is 9.67. The fourth-order valence-electron chi connectivity index (χ4n) is 3.56. The van der Waals surface area contributed by atoms with Crippen molar-refractivity contribution in [3.63, 3.8) is 0 Å². The molecule has 1 unspecified atom stereocenters. The molecular weight excluding hydrogens is 383 g/mol. The van der Waals surface area contributed by atoms with E-state index in [9.17, 15) is 14.9 Å². The van der Waals surface area contributed by atoms with Crippen molar-refractivity contribution in [3.05, 3.63) is 77.2 Å². The molecule has 1 aliphatic heterocycles. The molecule has 1 aromatic heterocycles. The number of nitrogens with zero attached hydrogens (tertiary/aromatic N) is 2. The second-order valence-electron chi connectivity index (χ2n) is 7.18. The van der Waals surface area contributed by atoms with Crippen LogP contribution < -0.4 is 10.2 Å². The molecule has 0 amide bonds. The van der Waals surface area contributed by atoms with Crippen LogP contribution in [0.2, 0.25) is 0 Å². The van der Waals surface area contributed by atoms with Gasteiger partial charge in [-0.05, 0) is 35.1 Å². The number of fused-ring (bicyclic) bond motifs is 1. The number of carbonyl (C=O) groups excluding carboxylic acids is 1. The maximum atomic E-state index is 12.6. The van der Waals surface area contributed by atoms with Crippen LogP contribution in [0.25, 0.3) is 0 Å². The quantitative estimate of drug-likeness (QED) is 0.460. The Labute approximate surface area is 174 Å². The maximum absolute atomic E-state index is 12.6. The van der Waals surface area contributed by atoms with Crippen LogP contribution in [-0.4, -0.2) is 39.6 Å². The van der Waals surface area contributed by atoms with Crippen LogP contribution in [0.1, 0.15) is 39.5 Å². The van der Waals surface area contributed by atoms with E-state index in [-0.39, 0.29) is 36.3 Å². The van der Waals surface area contributed by atoms with Gasteiger partial charge >= 0.3 is 7.12 Å². The van der Waals surface area contributed by atoms with Crippen LogP contribution in [0.3, 0.4) is 0 Å². The van der Waals surface area contributed by atoms with Crippen molar-refractivity contribution in [2.75, 3.05) is 6.61 Å². The number of Topliss-reactive ketones (excluding diaryl/α,β-unsaturated/α-hetero) is 1. The average molecular weight is 404 g/mol. The smallest absolute Gasteiger partial charge is 0.437 e. The highest BCUT2D eigenvalue weighted by Gasteiger charge is 2.30. The van der Waals surface area contributed by atoms with Gasteiger partial charge in [0, 0.05) is 12.3 Å². The van der Waals surface area contributed by atoms with Gasteiger partial charge in [0.05, 0.1) is 25.6 Å². The standard InChI is InChI=1S/C22H21BN2O5/c1-14-20(8-7-16-13-29-23(28)22(14)16)30-21-11-24-18(10-25-21)19(27)9-17(12-26)15-5-3-2-4-6-15/h2-8,10-11,17,26,28H,9,12-13H2,1H3. The highest BCUT2D eigenvalue weighted by molar-refractivity contribution is 6.62. The Hall–Kier alpha value is -3.07. The third-order valence-corrected chi connectivity index (χ3v) is 5.25. The molecule has 2 aromatic carbocycles. The van der Waals surface area contributed by atoms with Gasteiger partial charge in [0.1, 0.15) is 11.4 Å². The molecule has 0 bridgehead atoms. The molecule has 1 atom stereocenters. The molecule has 0 fully saturated rings. The van der Waals surface area contributed by atoms with Gasteiger partial charge in [-0.25, -0.2) is 9.97 Å². The number of hydrogen-bond acceptors (Lipinski definition) is 7. The first kappa shape index (κ1) is 20.2. The second-order valence-corrected chi connectivity index (χ2v) is 7.18. The van der Waals surface area contributed by atoms with Crippen molar-refractivity contribution in [2.24, 2.45) is 0 Å². The van der Waals surface area contributed by atoms with Crippen LogP contribution in [0.4, 0.5) is 0 Å². The van der Waals surface area contributed by atoms with Crippen LogP contribution >= 0.6 is 0 Å². The number of aliphatic hydroxyl groups excluding tert-OH is 1. The average Bonchev–Trinajstić information content (AvgIpc) is 3.16. The maximum Gasteiger partial charge on any atom is 0.492 e. The molecule has 30 heavy (non-hydrogen) atoms. The Morgan fingerprint density at radius 1 is 1.20 bits per heavy atom. The van der Waals surface area contributed by atoms with E-state index in [1.165, 1.54) is 12.4 Å². The van der Waals surface area contributed by atoms with Gasteiger partial charge in [0.25, 0.3) is 0 Å². The van der Waals surface area contributed by atoms with Crippen LogP contribution in [0.15, 0.2) is 54.9 Å². The predicted molar refractivity (Wildman–Crippen MR) is 111 cm³/mol. The van der Waals surface area contributed by atoms with E-state index in [0.29, 0.717) is 17.8 Å². The Kier molecular flexibility index (Phi) is 5.90. The number of rotatable bonds is 7. The van der Waals surface area contributed by atoms with Crippen molar-refractivity contribution in [2.45, 2.75) is 25.9 Å². The Bertz CT molecular complexity index is 1040. The van der Waals surface area contributed by atoms with Gasteiger partial charge in [-0.15, -0.1) is 0 Å². The summed E-state index contributed by atoms with van der Waals surface area (Å²) < 4.78 is 11.0. The van der Waals surface area contributed by atoms with Crippen molar-refractivity contribution >= 4 is 18.4 Å². The molecule has 0 aliphatic carbocycles. The molecular formula is C22H21BN2O5. The summed E-state index contributed by atoms with van der Waals surface area (Å²) in [7, 11) is -0.960. The molecule has 7 nitrogen and oxygen atoms in total. The number of aliphatic hydroxyl groups is 1. The highest BCUT2D eigenvalue weighted by Crippen LogP contribution is 2.26. The summed E-state index contributed by atoms with van der Waals surface area (Å²) >= 11 is 0. The van der Waals surface area contributed by atoms with E-state index in [4.69, 9.17) is 9.39 Å². The van der Waals surface area contributed by atoms with E-state index in [1.54, 1.807) is 6.07 Å². The summed E-state index contributed by atoms with van der Waals surface area (Å²) in [5, 5.41) is 19.6. The van der Waals surface area contributed by atoms with Gasteiger partial charge in [-0.3, -0.25) is 4.79 Å². The predicted octanol–water partition coefficient (Wildman–Crippen LogP) is 2.14. The Balaban J connectivity index is 1.46. The zero-order valence-electron chi connectivity index (χ0n) is 16.5. The van der Waals surface area contributed by atoms with Crippen LogP contribution in [-0.2, 0) is 11.3 Å². The van der Waals surface area contributed by atoms with Crippen molar-refractivity contribution in [1.82, 2.24) is 9.97 Å². The summed E-state index contributed by atoms with van der Waals surface area (Å²) in [5.41, 5.74) is 3.53. The fourth-order valence-corrected chi connectivity index (χ4v) is 3.56. The lowest BCUT2D eigenvalue weighted by Gasteiger charge is -2.14.